The molecule has 0 fully saturated rings. The van der Waals surface area contributed by atoms with Gasteiger partial charge in [-0.2, -0.15) is 0 Å². The Morgan fingerprint density at radius 2 is 1.90 bits per heavy atom. The van der Waals surface area contributed by atoms with Crippen LogP contribution in [0, 0.1) is 0 Å². The van der Waals surface area contributed by atoms with Gasteiger partial charge < -0.3 is 10.2 Å². The Labute approximate surface area is 124 Å². The molecule has 0 atom stereocenters. The molecular formula is C17H19N3O. The van der Waals surface area contributed by atoms with Crippen LogP contribution in [0.1, 0.15) is 16.7 Å². The first-order chi connectivity index (χ1) is 10.3. The van der Waals surface area contributed by atoms with Crippen LogP contribution in [0.3, 0.4) is 0 Å². The topological polar surface area (TPSA) is 45.2 Å². The second kappa shape index (κ2) is 6.50. The van der Waals surface area contributed by atoms with Crippen molar-refractivity contribution < 1.29 is 4.79 Å². The largest absolute Gasteiger partial charge is 0.337 e. The minimum atomic E-state index is 0.165. The number of pyridine rings is 1. The van der Waals surface area contributed by atoms with Gasteiger partial charge in [0.2, 0.25) is 5.91 Å². The van der Waals surface area contributed by atoms with E-state index in [1.807, 2.05) is 23.1 Å². The van der Waals surface area contributed by atoms with E-state index in [0.717, 1.165) is 25.1 Å². The Morgan fingerprint density at radius 1 is 1.14 bits per heavy atom. The molecule has 2 aromatic rings. The molecular weight excluding hydrogens is 262 g/mol. The summed E-state index contributed by atoms with van der Waals surface area (Å²) in [4.78, 5) is 18.2. The molecule has 4 heteroatoms. The maximum atomic E-state index is 12.2. The van der Waals surface area contributed by atoms with Crippen molar-refractivity contribution in [1.82, 2.24) is 15.2 Å². The van der Waals surface area contributed by atoms with Gasteiger partial charge in [-0.1, -0.05) is 24.3 Å². The van der Waals surface area contributed by atoms with Crippen molar-refractivity contribution in [3.8, 4) is 0 Å². The molecule has 1 amide bonds. The van der Waals surface area contributed by atoms with Gasteiger partial charge in [-0.15, -0.1) is 0 Å². The minimum absolute atomic E-state index is 0.165. The first-order valence-corrected chi connectivity index (χ1v) is 7.27. The third kappa shape index (κ3) is 3.47. The molecule has 4 nitrogen and oxygen atoms in total. The van der Waals surface area contributed by atoms with Crippen LogP contribution >= 0.6 is 0 Å². The summed E-state index contributed by atoms with van der Waals surface area (Å²) in [6.45, 7) is 2.61. The number of hydrogen-bond donors (Lipinski definition) is 1. The summed E-state index contributed by atoms with van der Waals surface area (Å²) >= 11 is 0. The summed E-state index contributed by atoms with van der Waals surface area (Å²) in [5, 5.41) is 3.20. The van der Waals surface area contributed by atoms with Crippen LogP contribution in [0.15, 0.2) is 48.8 Å². The molecule has 1 aliphatic heterocycles. The van der Waals surface area contributed by atoms with Crippen molar-refractivity contribution in [2.75, 3.05) is 13.1 Å². The first-order valence-electron chi connectivity index (χ1n) is 7.27. The average Bonchev–Trinajstić information content (AvgIpc) is 2.55. The van der Waals surface area contributed by atoms with Crippen molar-refractivity contribution in [3.05, 3.63) is 65.5 Å². The Morgan fingerprint density at radius 3 is 2.71 bits per heavy atom. The fraction of sp³-hybridized carbons (Fsp3) is 0.294. The fourth-order valence-corrected chi connectivity index (χ4v) is 2.63. The van der Waals surface area contributed by atoms with E-state index in [0.29, 0.717) is 13.1 Å². The van der Waals surface area contributed by atoms with Crippen molar-refractivity contribution >= 4 is 5.91 Å². The molecule has 0 spiro atoms. The average molecular weight is 281 g/mol. The van der Waals surface area contributed by atoms with E-state index in [1.54, 1.807) is 12.4 Å². The van der Waals surface area contributed by atoms with Gasteiger partial charge in [0.25, 0.3) is 0 Å². The maximum absolute atomic E-state index is 12.2. The Hall–Kier alpha value is -2.20. The van der Waals surface area contributed by atoms with Crippen LogP contribution in [0.25, 0.3) is 0 Å². The normalized spacial score (nSPS) is 13.8. The number of amides is 1. The molecule has 1 aromatic carbocycles. The van der Waals surface area contributed by atoms with Gasteiger partial charge in [0.05, 0.1) is 6.54 Å². The van der Waals surface area contributed by atoms with Crippen LogP contribution in [-0.4, -0.2) is 28.9 Å². The van der Waals surface area contributed by atoms with Gasteiger partial charge in [0, 0.05) is 32.0 Å². The number of nitrogens with one attached hydrogen (secondary N) is 1. The zero-order chi connectivity index (χ0) is 14.5. The molecule has 0 unspecified atom stereocenters. The number of benzene rings is 1. The van der Waals surface area contributed by atoms with E-state index in [-0.39, 0.29) is 5.91 Å². The minimum Gasteiger partial charge on any atom is -0.337 e. The monoisotopic (exact) mass is 281 g/mol. The maximum Gasteiger partial charge on any atom is 0.236 e. The van der Waals surface area contributed by atoms with Crippen molar-refractivity contribution in [2.24, 2.45) is 0 Å². The molecule has 21 heavy (non-hydrogen) atoms. The highest BCUT2D eigenvalue weighted by atomic mass is 16.2. The molecule has 0 radical (unpaired) electrons. The van der Waals surface area contributed by atoms with E-state index in [4.69, 9.17) is 0 Å². The summed E-state index contributed by atoms with van der Waals surface area (Å²) in [6.07, 6.45) is 4.48. The lowest BCUT2D eigenvalue weighted by atomic mass is 10.00. The van der Waals surface area contributed by atoms with Crippen LogP contribution in [0.2, 0.25) is 0 Å². The van der Waals surface area contributed by atoms with Crippen LogP contribution in [-0.2, 0) is 24.3 Å². The third-order valence-corrected chi connectivity index (χ3v) is 3.84. The number of carbonyl (C=O) groups is 1. The summed E-state index contributed by atoms with van der Waals surface area (Å²) in [6, 6.07) is 12.3. The lowest BCUT2D eigenvalue weighted by molar-refractivity contribution is -0.131. The fourth-order valence-electron chi connectivity index (χ4n) is 2.63. The van der Waals surface area contributed by atoms with E-state index in [9.17, 15) is 4.79 Å². The van der Waals surface area contributed by atoms with Crippen LogP contribution in [0.4, 0.5) is 0 Å². The molecule has 108 valence electrons. The molecule has 1 aromatic heterocycles. The van der Waals surface area contributed by atoms with Crippen molar-refractivity contribution in [1.29, 1.82) is 0 Å². The van der Waals surface area contributed by atoms with Crippen molar-refractivity contribution in [2.45, 2.75) is 19.5 Å². The highest BCUT2D eigenvalue weighted by Gasteiger charge is 2.19. The molecule has 0 saturated carbocycles. The summed E-state index contributed by atoms with van der Waals surface area (Å²) in [5.74, 6) is 0.165. The van der Waals surface area contributed by atoms with Gasteiger partial charge in [0.15, 0.2) is 0 Å². The van der Waals surface area contributed by atoms with E-state index >= 15 is 0 Å². The lowest BCUT2D eigenvalue weighted by Gasteiger charge is -2.29. The van der Waals surface area contributed by atoms with Gasteiger partial charge >= 0.3 is 0 Å². The standard InChI is InChI=1S/C17H19N3O/c21-17(12-19-11-14-5-8-18-9-6-14)20-10-7-15-3-1-2-4-16(15)13-20/h1-6,8-9,19H,7,10-13H2. The van der Waals surface area contributed by atoms with E-state index < -0.39 is 0 Å². The zero-order valence-electron chi connectivity index (χ0n) is 12.0. The Kier molecular flexibility index (Phi) is 4.26. The van der Waals surface area contributed by atoms with Gasteiger partial charge in [-0.05, 0) is 35.2 Å². The Bertz CT molecular complexity index is 612. The predicted molar refractivity (Wildman–Crippen MR) is 81.5 cm³/mol. The molecule has 0 saturated heterocycles. The highest BCUT2D eigenvalue weighted by Crippen LogP contribution is 2.18. The SMILES string of the molecule is O=C(CNCc1ccncc1)N1CCc2ccccc2C1. The molecule has 0 bridgehead atoms. The summed E-state index contributed by atoms with van der Waals surface area (Å²) < 4.78 is 0. The van der Waals surface area contributed by atoms with Crippen LogP contribution in [0.5, 0.6) is 0 Å². The quantitative estimate of drug-likeness (QED) is 0.929. The Balaban J connectivity index is 1.50. The van der Waals surface area contributed by atoms with Crippen molar-refractivity contribution in [3.63, 3.8) is 0 Å². The van der Waals surface area contributed by atoms with Gasteiger partial charge in [-0.25, -0.2) is 0 Å². The molecule has 0 aliphatic carbocycles. The summed E-state index contributed by atoms with van der Waals surface area (Å²) in [7, 11) is 0. The second-order valence-electron chi connectivity index (χ2n) is 5.29. The third-order valence-electron chi connectivity index (χ3n) is 3.84. The molecule has 2 heterocycles. The first kappa shape index (κ1) is 13.8. The molecule has 1 aliphatic rings. The number of hydrogen-bond acceptors (Lipinski definition) is 3. The molecule has 1 N–H and O–H groups in total. The predicted octanol–water partition coefficient (Wildman–Crippen LogP) is 1.76. The van der Waals surface area contributed by atoms with E-state index in [2.05, 4.69) is 28.5 Å². The number of carbonyl (C=O) groups excluding carboxylic acids is 1. The number of aromatic nitrogens is 1. The van der Waals surface area contributed by atoms with Gasteiger partial charge in [-0.3, -0.25) is 9.78 Å². The van der Waals surface area contributed by atoms with Gasteiger partial charge in [0.1, 0.15) is 0 Å². The van der Waals surface area contributed by atoms with E-state index in [1.165, 1.54) is 11.1 Å². The highest BCUT2D eigenvalue weighted by molar-refractivity contribution is 5.78. The zero-order valence-corrected chi connectivity index (χ0v) is 12.0. The second-order valence-corrected chi connectivity index (χ2v) is 5.29. The lowest BCUT2D eigenvalue weighted by Crippen LogP contribution is -2.41. The summed E-state index contributed by atoms with van der Waals surface area (Å²) in [5.41, 5.74) is 3.78. The molecule has 3 rings (SSSR count). The number of nitrogens with zero attached hydrogens (tertiary/aromatic N) is 2. The number of fused-ring (bicyclic) bond motifs is 1. The van der Waals surface area contributed by atoms with Crippen LogP contribution < -0.4 is 5.32 Å². The smallest absolute Gasteiger partial charge is 0.236 e. The number of rotatable bonds is 4.